The zero-order valence-corrected chi connectivity index (χ0v) is 14.8. The van der Waals surface area contributed by atoms with Gasteiger partial charge in [0.2, 0.25) is 0 Å². The summed E-state index contributed by atoms with van der Waals surface area (Å²) in [5.41, 5.74) is 1.86. The molecule has 3 atom stereocenters. The van der Waals surface area contributed by atoms with Gasteiger partial charge in [0.25, 0.3) is 5.69 Å². The number of nitro groups is 1. The molecule has 136 valence electrons. The van der Waals surface area contributed by atoms with Gasteiger partial charge < -0.3 is 9.47 Å². The first-order chi connectivity index (χ1) is 12.1. The summed E-state index contributed by atoms with van der Waals surface area (Å²) in [6.45, 7) is 4.79. The standard InChI is InChI=1S/C19H26N2O4/c1-13-6-7-20(18-5-3-2-4-17(13)18)10-14-8-16(21(22)23)9-15-11-24-12-25-19(14)15/h8-9,13,17-18H,2-7,10-12H2,1H3/t13-,17+,18+/m1/s1. The van der Waals surface area contributed by atoms with Crippen LogP contribution in [0.4, 0.5) is 5.69 Å². The predicted molar refractivity (Wildman–Crippen MR) is 93.3 cm³/mol. The van der Waals surface area contributed by atoms with E-state index in [4.69, 9.17) is 9.47 Å². The summed E-state index contributed by atoms with van der Waals surface area (Å²) in [5, 5.41) is 11.3. The zero-order valence-electron chi connectivity index (χ0n) is 14.8. The van der Waals surface area contributed by atoms with Crippen LogP contribution in [0.1, 0.15) is 50.2 Å². The van der Waals surface area contributed by atoms with Crippen LogP contribution in [0.15, 0.2) is 12.1 Å². The second-order valence-electron chi connectivity index (χ2n) is 7.71. The largest absolute Gasteiger partial charge is 0.467 e. The van der Waals surface area contributed by atoms with Crippen LogP contribution in [0.2, 0.25) is 0 Å². The molecule has 1 saturated carbocycles. The minimum absolute atomic E-state index is 0.133. The Morgan fingerprint density at radius 3 is 2.96 bits per heavy atom. The molecule has 1 aliphatic carbocycles. The minimum atomic E-state index is -0.319. The van der Waals surface area contributed by atoms with Gasteiger partial charge in [-0.3, -0.25) is 15.0 Å². The summed E-state index contributed by atoms with van der Waals surface area (Å²) in [6, 6.07) is 3.88. The van der Waals surface area contributed by atoms with Gasteiger partial charge in [0.15, 0.2) is 6.79 Å². The number of non-ortho nitro benzene ring substituents is 1. The van der Waals surface area contributed by atoms with Gasteiger partial charge in [-0.05, 0) is 37.6 Å². The highest BCUT2D eigenvalue weighted by atomic mass is 16.7. The Bertz CT molecular complexity index is 663. The van der Waals surface area contributed by atoms with Crippen molar-refractivity contribution in [2.45, 2.75) is 58.2 Å². The van der Waals surface area contributed by atoms with Crippen LogP contribution < -0.4 is 4.74 Å². The van der Waals surface area contributed by atoms with E-state index >= 15 is 0 Å². The molecule has 4 rings (SSSR count). The zero-order chi connectivity index (χ0) is 17.4. The smallest absolute Gasteiger partial charge is 0.270 e. The third-order valence-corrected chi connectivity index (χ3v) is 6.21. The number of hydrogen-bond donors (Lipinski definition) is 0. The van der Waals surface area contributed by atoms with Crippen molar-refractivity contribution >= 4 is 5.69 Å². The number of nitrogens with zero attached hydrogens (tertiary/aromatic N) is 2. The summed E-state index contributed by atoms with van der Waals surface area (Å²) in [4.78, 5) is 13.5. The molecule has 0 bridgehead atoms. The number of benzene rings is 1. The molecule has 1 aromatic carbocycles. The van der Waals surface area contributed by atoms with Crippen molar-refractivity contribution in [1.82, 2.24) is 4.90 Å². The number of hydrogen-bond acceptors (Lipinski definition) is 5. The van der Waals surface area contributed by atoms with Crippen molar-refractivity contribution in [3.63, 3.8) is 0 Å². The van der Waals surface area contributed by atoms with Gasteiger partial charge in [-0.1, -0.05) is 19.8 Å². The van der Waals surface area contributed by atoms with E-state index in [1.165, 1.54) is 32.1 Å². The SMILES string of the molecule is C[C@@H]1CCN(Cc2cc([N+](=O)[O-])cc3c2OCOC3)[C@H]2CCCC[C@@H]12. The molecule has 3 aliphatic rings. The molecule has 1 aromatic rings. The quantitative estimate of drug-likeness (QED) is 0.614. The summed E-state index contributed by atoms with van der Waals surface area (Å²) in [7, 11) is 0. The maximum atomic E-state index is 11.3. The number of piperidine rings is 1. The molecule has 25 heavy (non-hydrogen) atoms. The van der Waals surface area contributed by atoms with E-state index in [-0.39, 0.29) is 17.4 Å². The molecule has 0 N–H and O–H groups in total. The van der Waals surface area contributed by atoms with Crippen molar-refractivity contribution in [2.75, 3.05) is 13.3 Å². The van der Waals surface area contributed by atoms with E-state index in [9.17, 15) is 10.1 Å². The molecule has 2 fully saturated rings. The molecule has 2 heterocycles. The Morgan fingerprint density at radius 1 is 1.28 bits per heavy atom. The molecule has 0 spiro atoms. The van der Waals surface area contributed by atoms with E-state index in [1.807, 2.05) is 0 Å². The van der Waals surface area contributed by atoms with Crippen LogP contribution in [0.5, 0.6) is 5.75 Å². The maximum absolute atomic E-state index is 11.3. The number of nitro benzene ring substituents is 1. The highest BCUT2D eigenvalue weighted by Gasteiger charge is 2.37. The average molecular weight is 346 g/mol. The lowest BCUT2D eigenvalue weighted by molar-refractivity contribution is -0.385. The maximum Gasteiger partial charge on any atom is 0.270 e. The van der Waals surface area contributed by atoms with Crippen molar-refractivity contribution in [3.8, 4) is 5.75 Å². The van der Waals surface area contributed by atoms with E-state index < -0.39 is 0 Å². The van der Waals surface area contributed by atoms with E-state index in [2.05, 4.69) is 11.8 Å². The van der Waals surface area contributed by atoms with Gasteiger partial charge >= 0.3 is 0 Å². The molecule has 6 nitrogen and oxygen atoms in total. The van der Waals surface area contributed by atoms with Crippen LogP contribution in [0.25, 0.3) is 0 Å². The summed E-state index contributed by atoms with van der Waals surface area (Å²) in [5.74, 6) is 2.34. The number of fused-ring (bicyclic) bond motifs is 2. The Hall–Kier alpha value is -1.66. The Labute approximate surface area is 148 Å². The number of ether oxygens (including phenoxy) is 2. The van der Waals surface area contributed by atoms with E-state index in [0.717, 1.165) is 41.8 Å². The van der Waals surface area contributed by atoms with E-state index in [1.54, 1.807) is 12.1 Å². The fourth-order valence-electron chi connectivity index (χ4n) is 4.93. The molecule has 0 radical (unpaired) electrons. The van der Waals surface area contributed by atoms with Gasteiger partial charge in [-0.25, -0.2) is 0 Å². The third kappa shape index (κ3) is 3.25. The van der Waals surface area contributed by atoms with Crippen LogP contribution in [0.3, 0.4) is 0 Å². The van der Waals surface area contributed by atoms with Crippen molar-refractivity contribution in [1.29, 1.82) is 0 Å². The van der Waals surface area contributed by atoms with Gasteiger partial charge in [0, 0.05) is 35.8 Å². The molecule has 2 aliphatic heterocycles. The molecule has 0 aromatic heterocycles. The lowest BCUT2D eigenvalue weighted by Crippen LogP contribution is -2.49. The van der Waals surface area contributed by atoms with Crippen LogP contribution in [-0.4, -0.2) is 29.2 Å². The fourth-order valence-corrected chi connectivity index (χ4v) is 4.93. The number of rotatable bonds is 3. The normalized spacial score (nSPS) is 29.4. The van der Waals surface area contributed by atoms with Crippen LogP contribution in [-0.2, 0) is 17.9 Å². The van der Waals surface area contributed by atoms with Gasteiger partial charge in [0.1, 0.15) is 5.75 Å². The molecule has 1 saturated heterocycles. The van der Waals surface area contributed by atoms with Crippen LogP contribution >= 0.6 is 0 Å². The van der Waals surface area contributed by atoms with Crippen LogP contribution in [0, 0.1) is 22.0 Å². The predicted octanol–water partition coefficient (Wildman–Crippen LogP) is 3.86. The summed E-state index contributed by atoms with van der Waals surface area (Å²) in [6.07, 6.45) is 6.41. The highest BCUT2D eigenvalue weighted by molar-refractivity contribution is 5.50. The minimum Gasteiger partial charge on any atom is -0.467 e. The van der Waals surface area contributed by atoms with Crippen molar-refractivity contribution < 1.29 is 14.4 Å². The molecular formula is C19H26N2O4. The average Bonchev–Trinajstić information content (AvgIpc) is 2.64. The second kappa shape index (κ2) is 6.92. The molecule has 0 amide bonds. The topological polar surface area (TPSA) is 64.8 Å². The third-order valence-electron chi connectivity index (χ3n) is 6.21. The Balaban J connectivity index is 1.63. The first-order valence-electron chi connectivity index (χ1n) is 9.38. The highest BCUT2D eigenvalue weighted by Crippen LogP contribution is 2.41. The van der Waals surface area contributed by atoms with Crippen molar-refractivity contribution in [2.24, 2.45) is 11.8 Å². The van der Waals surface area contributed by atoms with Gasteiger partial charge in [-0.2, -0.15) is 0 Å². The van der Waals surface area contributed by atoms with Gasteiger partial charge in [0.05, 0.1) is 11.5 Å². The Morgan fingerprint density at radius 2 is 2.12 bits per heavy atom. The summed E-state index contributed by atoms with van der Waals surface area (Å²) < 4.78 is 11.0. The first kappa shape index (κ1) is 16.8. The molecular weight excluding hydrogens is 320 g/mol. The monoisotopic (exact) mass is 346 g/mol. The fraction of sp³-hybridized carbons (Fsp3) is 0.684. The number of likely N-dealkylation sites (tertiary alicyclic amines) is 1. The van der Waals surface area contributed by atoms with E-state index in [0.29, 0.717) is 12.6 Å². The first-order valence-corrected chi connectivity index (χ1v) is 9.38. The molecule has 0 unspecified atom stereocenters. The summed E-state index contributed by atoms with van der Waals surface area (Å²) >= 11 is 0. The Kier molecular flexibility index (Phi) is 4.65. The van der Waals surface area contributed by atoms with Gasteiger partial charge in [-0.15, -0.1) is 0 Å². The molecule has 6 heteroatoms. The second-order valence-corrected chi connectivity index (χ2v) is 7.71. The van der Waals surface area contributed by atoms with Crippen molar-refractivity contribution in [3.05, 3.63) is 33.4 Å². The lowest BCUT2D eigenvalue weighted by Gasteiger charge is -2.47. The lowest BCUT2D eigenvalue weighted by atomic mass is 9.72.